The van der Waals surface area contributed by atoms with Gasteiger partial charge in [0.15, 0.2) is 5.82 Å². The van der Waals surface area contributed by atoms with E-state index in [1.54, 1.807) is 20.3 Å². The Hall–Kier alpha value is -3.29. The van der Waals surface area contributed by atoms with Crippen LogP contribution in [0.4, 0.5) is 28.8 Å². The van der Waals surface area contributed by atoms with Gasteiger partial charge < -0.3 is 29.7 Å². The first-order chi connectivity index (χ1) is 17.2. The number of ether oxygens (including phenoxy) is 1. The third-order valence-corrected chi connectivity index (χ3v) is 8.19. The third kappa shape index (κ3) is 4.99. The van der Waals surface area contributed by atoms with Crippen molar-refractivity contribution < 1.29 is 14.1 Å². The van der Waals surface area contributed by atoms with Crippen molar-refractivity contribution in [2.75, 3.05) is 55.1 Å². The SMILES string of the molecule is CC(=O)N1CCN2c3ccc(Nc4ncc(Cl)c(Nc5ccccc5P(C)(C)=O)n4)cc3OC[C@H]2C1. The van der Waals surface area contributed by atoms with Crippen molar-refractivity contribution in [1.82, 2.24) is 14.9 Å². The van der Waals surface area contributed by atoms with E-state index in [0.29, 0.717) is 42.2 Å². The van der Waals surface area contributed by atoms with Crippen molar-refractivity contribution >= 4 is 58.8 Å². The average molecular weight is 527 g/mol. The lowest BCUT2D eigenvalue weighted by atomic mass is 10.1. The fraction of sp³-hybridized carbons (Fsp3) is 0.320. The fourth-order valence-corrected chi connectivity index (χ4v) is 5.85. The van der Waals surface area contributed by atoms with Crippen LogP contribution in [0.1, 0.15) is 6.92 Å². The maximum atomic E-state index is 12.7. The molecule has 0 radical (unpaired) electrons. The average Bonchev–Trinajstić information content (AvgIpc) is 2.85. The second kappa shape index (κ2) is 9.64. The van der Waals surface area contributed by atoms with Gasteiger partial charge in [0.2, 0.25) is 11.9 Å². The van der Waals surface area contributed by atoms with Crippen molar-refractivity contribution in [2.24, 2.45) is 0 Å². The van der Waals surface area contributed by atoms with Crippen LogP contribution in [0.25, 0.3) is 0 Å². The summed E-state index contributed by atoms with van der Waals surface area (Å²) in [5.41, 5.74) is 2.48. The van der Waals surface area contributed by atoms with Crippen molar-refractivity contribution in [3.63, 3.8) is 0 Å². The quantitative estimate of drug-likeness (QED) is 0.475. The molecule has 188 valence electrons. The Kier molecular flexibility index (Phi) is 6.53. The van der Waals surface area contributed by atoms with Crippen LogP contribution in [0.5, 0.6) is 5.75 Å². The highest BCUT2D eigenvalue weighted by Gasteiger charge is 2.33. The van der Waals surface area contributed by atoms with Gasteiger partial charge in [-0.05, 0) is 37.6 Å². The van der Waals surface area contributed by atoms with E-state index >= 15 is 0 Å². The van der Waals surface area contributed by atoms with E-state index in [2.05, 4.69) is 25.5 Å². The molecule has 1 amide bonds. The zero-order chi connectivity index (χ0) is 25.4. The number of halogens is 1. The van der Waals surface area contributed by atoms with Gasteiger partial charge in [0.1, 0.15) is 24.5 Å². The number of carbonyl (C=O) groups excluding carboxylic acids is 1. The van der Waals surface area contributed by atoms with Gasteiger partial charge in [-0.25, -0.2) is 4.98 Å². The molecule has 2 N–H and O–H groups in total. The highest BCUT2D eigenvalue weighted by molar-refractivity contribution is 7.70. The highest BCUT2D eigenvalue weighted by atomic mass is 35.5. The van der Waals surface area contributed by atoms with Crippen LogP contribution in [0.15, 0.2) is 48.7 Å². The van der Waals surface area contributed by atoms with Gasteiger partial charge in [0.05, 0.1) is 23.6 Å². The molecule has 5 rings (SSSR count). The summed E-state index contributed by atoms with van der Waals surface area (Å²) in [6, 6.07) is 13.5. The number of para-hydroxylation sites is 1. The monoisotopic (exact) mass is 526 g/mol. The van der Waals surface area contributed by atoms with Crippen LogP contribution in [0, 0.1) is 0 Å². The number of hydrogen-bond donors (Lipinski definition) is 2. The molecule has 0 unspecified atom stereocenters. The van der Waals surface area contributed by atoms with Crippen LogP contribution in [-0.2, 0) is 9.36 Å². The lowest BCUT2D eigenvalue weighted by Crippen LogP contribution is -2.58. The van der Waals surface area contributed by atoms with Gasteiger partial charge in [-0.1, -0.05) is 23.7 Å². The number of hydrogen-bond acceptors (Lipinski definition) is 8. The van der Waals surface area contributed by atoms with Crippen molar-refractivity contribution in [1.29, 1.82) is 0 Å². The Balaban J connectivity index is 1.35. The second-order valence-electron chi connectivity index (χ2n) is 9.31. The molecule has 2 aliphatic heterocycles. The van der Waals surface area contributed by atoms with Gasteiger partial charge in [-0.2, -0.15) is 4.98 Å². The maximum Gasteiger partial charge on any atom is 0.229 e. The van der Waals surface area contributed by atoms with Gasteiger partial charge in [-0.3, -0.25) is 4.79 Å². The summed E-state index contributed by atoms with van der Waals surface area (Å²) in [4.78, 5) is 24.8. The van der Waals surface area contributed by atoms with E-state index in [0.717, 1.165) is 29.0 Å². The number of nitrogens with one attached hydrogen (secondary N) is 2. The van der Waals surface area contributed by atoms with Crippen molar-refractivity contribution in [3.8, 4) is 5.75 Å². The van der Waals surface area contributed by atoms with Crippen molar-refractivity contribution in [2.45, 2.75) is 13.0 Å². The highest BCUT2D eigenvalue weighted by Crippen LogP contribution is 2.39. The summed E-state index contributed by atoms with van der Waals surface area (Å²) < 4.78 is 18.8. The predicted molar refractivity (Wildman–Crippen MR) is 144 cm³/mol. The van der Waals surface area contributed by atoms with Crippen LogP contribution in [-0.4, -0.2) is 66.4 Å². The Morgan fingerprint density at radius 3 is 2.75 bits per heavy atom. The molecule has 1 saturated heterocycles. The fourth-order valence-electron chi connectivity index (χ4n) is 4.55. The summed E-state index contributed by atoms with van der Waals surface area (Å²) in [7, 11) is -2.51. The minimum Gasteiger partial charge on any atom is -0.489 e. The lowest BCUT2D eigenvalue weighted by Gasteiger charge is -2.45. The first-order valence-corrected chi connectivity index (χ1v) is 14.7. The van der Waals surface area contributed by atoms with E-state index in [-0.39, 0.29) is 11.9 Å². The number of benzene rings is 2. The number of aromatic nitrogens is 2. The molecule has 0 spiro atoms. The summed E-state index contributed by atoms with van der Waals surface area (Å²) in [6.07, 6.45) is 1.52. The molecule has 0 aliphatic carbocycles. The minimum atomic E-state index is -2.51. The van der Waals surface area contributed by atoms with Gasteiger partial charge in [0.25, 0.3) is 0 Å². The summed E-state index contributed by atoms with van der Waals surface area (Å²) >= 11 is 6.37. The zero-order valence-corrected chi connectivity index (χ0v) is 22.0. The van der Waals surface area contributed by atoms with Gasteiger partial charge in [-0.15, -0.1) is 0 Å². The van der Waals surface area contributed by atoms with Crippen LogP contribution in [0.2, 0.25) is 5.02 Å². The van der Waals surface area contributed by atoms with Crippen LogP contribution in [0.3, 0.4) is 0 Å². The molecule has 0 saturated carbocycles. The lowest BCUT2D eigenvalue weighted by molar-refractivity contribution is -0.129. The number of rotatable bonds is 5. The molecule has 36 heavy (non-hydrogen) atoms. The minimum absolute atomic E-state index is 0.0960. The molecular weight excluding hydrogens is 499 g/mol. The number of fused-ring (bicyclic) bond motifs is 3. The van der Waals surface area contributed by atoms with Crippen LogP contribution < -0.4 is 25.6 Å². The molecule has 0 bridgehead atoms. The zero-order valence-electron chi connectivity index (χ0n) is 20.4. The standard InChI is InChI=1S/C25H28ClN6O3P/c1-16(33)31-10-11-32-18(14-31)15-35-22-12-17(8-9-21(22)32)28-25-27-13-19(26)24(30-25)29-20-6-4-5-7-23(20)36(2,3)34/h4-9,12-13,18H,10-11,14-15H2,1-3H3,(H2,27,28,29,30)/t18-/m1/s1. The first-order valence-electron chi connectivity index (χ1n) is 11.7. The molecular formula is C25H28ClN6O3P. The molecule has 2 aliphatic rings. The van der Waals surface area contributed by atoms with Crippen molar-refractivity contribution in [3.05, 3.63) is 53.7 Å². The number of carbonyl (C=O) groups is 1. The second-order valence-corrected chi connectivity index (χ2v) is 12.9. The Bertz CT molecular complexity index is 1360. The Labute approximate surface area is 215 Å². The molecule has 9 nitrogen and oxygen atoms in total. The first kappa shape index (κ1) is 24.4. The molecule has 1 atom stereocenters. The molecule has 1 aromatic heterocycles. The smallest absolute Gasteiger partial charge is 0.229 e. The molecule has 1 fully saturated rings. The molecule has 3 heterocycles. The topological polar surface area (TPSA) is 99.7 Å². The van der Waals surface area contributed by atoms with E-state index in [1.165, 1.54) is 6.20 Å². The molecule has 11 heteroatoms. The summed E-state index contributed by atoms with van der Waals surface area (Å²) in [5, 5.41) is 7.51. The van der Waals surface area contributed by atoms with E-state index in [1.807, 2.05) is 47.4 Å². The normalized spacial score (nSPS) is 17.1. The Morgan fingerprint density at radius 2 is 1.97 bits per heavy atom. The number of amides is 1. The number of nitrogens with zero attached hydrogens (tertiary/aromatic N) is 4. The largest absolute Gasteiger partial charge is 0.489 e. The summed E-state index contributed by atoms with van der Waals surface area (Å²) in [5.74, 6) is 1.64. The molecule has 2 aromatic carbocycles. The Morgan fingerprint density at radius 1 is 1.17 bits per heavy atom. The molecule has 3 aromatic rings. The third-order valence-electron chi connectivity index (χ3n) is 6.37. The van der Waals surface area contributed by atoms with E-state index in [4.69, 9.17) is 16.3 Å². The maximum absolute atomic E-state index is 12.7. The van der Waals surface area contributed by atoms with E-state index in [9.17, 15) is 9.36 Å². The van der Waals surface area contributed by atoms with Gasteiger partial charge in [0, 0.05) is 43.6 Å². The number of anilines is 5. The number of piperazine rings is 1. The van der Waals surface area contributed by atoms with E-state index < -0.39 is 7.14 Å². The van der Waals surface area contributed by atoms with Crippen LogP contribution >= 0.6 is 18.7 Å². The summed E-state index contributed by atoms with van der Waals surface area (Å²) in [6.45, 7) is 7.72. The predicted octanol–water partition coefficient (Wildman–Crippen LogP) is 4.29. The van der Waals surface area contributed by atoms with Gasteiger partial charge >= 0.3 is 0 Å².